The van der Waals surface area contributed by atoms with Crippen LogP contribution in [0.1, 0.15) is 41.1 Å². The van der Waals surface area contributed by atoms with E-state index in [1.165, 1.54) is 12.1 Å². The van der Waals surface area contributed by atoms with Gasteiger partial charge >= 0.3 is 0 Å². The van der Waals surface area contributed by atoms with E-state index in [1.54, 1.807) is 12.1 Å². The summed E-state index contributed by atoms with van der Waals surface area (Å²) in [6.45, 7) is 4.15. The average Bonchev–Trinajstić information content (AvgIpc) is 3.03. The summed E-state index contributed by atoms with van der Waals surface area (Å²) in [5.74, 6) is -0.697. The number of halogens is 3. The molecule has 0 unspecified atom stereocenters. The first-order valence-electron chi connectivity index (χ1n) is 14.3. The second-order valence-corrected chi connectivity index (χ2v) is 13.1. The molecule has 0 saturated carbocycles. The lowest BCUT2D eigenvalue weighted by Crippen LogP contribution is -2.49. The zero-order valence-electron chi connectivity index (χ0n) is 23.8. The maximum atomic E-state index is 11.9. The van der Waals surface area contributed by atoms with E-state index in [4.69, 9.17) is 44.3 Å². The fourth-order valence-corrected chi connectivity index (χ4v) is 5.57. The fourth-order valence-electron chi connectivity index (χ4n) is 5.37. The predicted molar refractivity (Wildman–Crippen MR) is 169 cm³/mol. The Kier molecular flexibility index (Phi) is 10.6. The zero-order chi connectivity index (χ0) is 31.3. The molecule has 3 aromatic carbocycles. The topological polar surface area (TPSA) is 117 Å². The SMILES string of the molecule is O=C(NCc1ccc([C@H]2O[C@@H](CN3CCN(c4ccc([N+](=O)[O-])cc4)CC3)C[C@@H](c3ccc(CO)cc3)O2)cc1)C(Cl)(Cl)Cl. The number of aliphatic hydroxyl groups is 1. The van der Waals surface area contributed by atoms with Gasteiger partial charge in [0.25, 0.3) is 15.4 Å². The van der Waals surface area contributed by atoms with Gasteiger partial charge in [0, 0.05) is 69.1 Å². The number of hydrogen-bond acceptors (Lipinski definition) is 8. The molecule has 1 amide bonds. The van der Waals surface area contributed by atoms with Crippen LogP contribution in [0.2, 0.25) is 0 Å². The molecule has 0 aromatic heterocycles. The van der Waals surface area contributed by atoms with Crippen molar-refractivity contribution >= 4 is 52.1 Å². The molecule has 0 spiro atoms. The third-order valence-electron chi connectivity index (χ3n) is 7.84. The summed E-state index contributed by atoms with van der Waals surface area (Å²) in [6.07, 6.45) is -0.261. The molecule has 2 heterocycles. The Labute approximate surface area is 270 Å². The molecule has 0 aliphatic carbocycles. The third-order valence-corrected chi connectivity index (χ3v) is 8.35. The summed E-state index contributed by atoms with van der Waals surface area (Å²) in [5.41, 5.74) is 4.56. The van der Waals surface area contributed by atoms with E-state index in [0.717, 1.165) is 60.7 Å². The Hall–Kier alpha value is -2.96. The van der Waals surface area contributed by atoms with Gasteiger partial charge in [-0.25, -0.2) is 0 Å². The quantitative estimate of drug-likeness (QED) is 0.177. The molecular weight excluding hydrogens is 631 g/mol. The van der Waals surface area contributed by atoms with E-state index >= 15 is 0 Å². The number of ether oxygens (including phenoxy) is 2. The first-order valence-corrected chi connectivity index (χ1v) is 15.4. The number of amides is 1. The summed E-state index contributed by atoms with van der Waals surface area (Å²) in [5, 5.41) is 23.1. The number of nitro benzene ring substituents is 1. The molecule has 0 radical (unpaired) electrons. The first-order chi connectivity index (χ1) is 21.1. The molecule has 2 fully saturated rings. The lowest BCUT2D eigenvalue weighted by molar-refractivity contribution is -0.384. The molecule has 2 saturated heterocycles. The maximum absolute atomic E-state index is 11.9. The molecule has 5 rings (SSSR count). The fraction of sp³-hybridized carbons (Fsp3) is 0.387. The van der Waals surface area contributed by atoms with E-state index < -0.39 is 16.0 Å². The predicted octanol–water partition coefficient (Wildman–Crippen LogP) is 5.44. The van der Waals surface area contributed by atoms with E-state index in [2.05, 4.69) is 15.1 Å². The highest BCUT2D eigenvalue weighted by Crippen LogP contribution is 2.38. The van der Waals surface area contributed by atoms with E-state index in [-0.39, 0.29) is 36.0 Å². The summed E-state index contributed by atoms with van der Waals surface area (Å²) < 4.78 is 10.9. The molecule has 2 N–H and O–H groups in total. The molecule has 2 aliphatic heterocycles. The molecule has 234 valence electrons. The highest BCUT2D eigenvalue weighted by Gasteiger charge is 2.34. The van der Waals surface area contributed by atoms with Gasteiger partial charge in [-0.15, -0.1) is 0 Å². The number of nitrogens with one attached hydrogen (secondary N) is 1. The number of carbonyl (C=O) groups is 1. The van der Waals surface area contributed by atoms with Crippen molar-refractivity contribution < 1.29 is 24.3 Å². The maximum Gasteiger partial charge on any atom is 0.272 e. The molecule has 44 heavy (non-hydrogen) atoms. The number of hydrogen-bond donors (Lipinski definition) is 2. The smallest absolute Gasteiger partial charge is 0.272 e. The van der Waals surface area contributed by atoms with E-state index in [0.29, 0.717) is 6.42 Å². The van der Waals surface area contributed by atoms with Crippen molar-refractivity contribution in [1.29, 1.82) is 0 Å². The van der Waals surface area contributed by atoms with Crippen LogP contribution in [0, 0.1) is 10.1 Å². The number of nitro groups is 1. The Balaban J connectivity index is 1.24. The summed E-state index contributed by atoms with van der Waals surface area (Å²) in [7, 11) is 0. The van der Waals surface area contributed by atoms with Gasteiger partial charge in [-0.3, -0.25) is 19.8 Å². The molecular formula is C31H33Cl3N4O6. The first kappa shape index (κ1) is 32.4. The van der Waals surface area contributed by atoms with Crippen LogP contribution in [0.3, 0.4) is 0 Å². The van der Waals surface area contributed by atoms with Gasteiger partial charge in [0.15, 0.2) is 6.29 Å². The van der Waals surface area contributed by atoms with Gasteiger partial charge in [-0.2, -0.15) is 0 Å². The van der Waals surface area contributed by atoms with Crippen LogP contribution < -0.4 is 10.2 Å². The number of nitrogens with zero attached hydrogens (tertiary/aromatic N) is 3. The second kappa shape index (κ2) is 14.4. The van der Waals surface area contributed by atoms with E-state index in [9.17, 15) is 20.0 Å². The number of aliphatic hydroxyl groups excluding tert-OH is 1. The van der Waals surface area contributed by atoms with Crippen molar-refractivity contribution in [1.82, 2.24) is 10.2 Å². The van der Waals surface area contributed by atoms with Gasteiger partial charge in [-0.05, 0) is 28.8 Å². The van der Waals surface area contributed by atoms with Crippen molar-refractivity contribution in [3.05, 3.63) is 105 Å². The highest BCUT2D eigenvalue weighted by molar-refractivity contribution is 6.76. The standard InChI is InChI=1S/C31H33Cl3N4O6/c32-31(33,34)30(40)35-18-21-1-7-24(8-2-21)29-43-27(17-28(44-29)23-5-3-22(20-39)4-6-23)19-36-13-15-37(16-14-36)25-9-11-26(12-10-25)38(41)42/h1-12,27-29,39H,13-20H2,(H,35,40)/t27-,28+,29+/m1/s1. The van der Waals surface area contributed by atoms with Gasteiger partial charge < -0.3 is 24.8 Å². The van der Waals surface area contributed by atoms with Gasteiger partial charge in [0.1, 0.15) is 0 Å². The summed E-state index contributed by atoms with van der Waals surface area (Å²) in [6, 6.07) is 22.0. The lowest BCUT2D eigenvalue weighted by Gasteiger charge is -2.41. The number of alkyl halides is 3. The van der Waals surface area contributed by atoms with Crippen molar-refractivity contribution in [2.45, 2.75) is 41.9 Å². The van der Waals surface area contributed by atoms with Crippen LogP contribution >= 0.6 is 34.8 Å². The Morgan fingerprint density at radius 2 is 1.52 bits per heavy atom. The Morgan fingerprint density at radius 1 is 0.909 bits per heavy atom. The lowest BCUT2D eigenvalue weighted by atomic mass is 9.99. The van der Waals surface area contributed by atoms with Crippen LogP contribution in [0.5, 0.6) is 0 Å². The van der Waals surface area contributed by atoms with Crippen LogP contribution in [0.15, 0.2) is 72.8 Å². The Bertz CT molecular complexity index is 1410. The number of anilines is 1. The highest BCUT2D eigenvalue weighted by atomic mass is 35.6. The van der Waals surface area contributed by atoms with Gasteiger partial charge in [-0.1, -0.05) is 83.3 Å². The van der Waals surface area contributed by atoms with Gasteiger partial charge in [0.2, 0.25) is 0 Å². The Morgan fingerprint density at radius 3 is 2.11 bits per heavy atom. The van der Waals surface area contributed by atoms with Crippen LogP contribution in [-0.2, 0) is 27.4 Å². The minimum atomic E-state index is -2.03. The normalized spacial score (nSPS) is 21.2. The number of rotatable bonds is 9. The number of piperazine rings is 1. The minimum absolute atomic E-state index is 0.0273. The van der Waals surface area contributed by atoms with Crippen LogP contribution in [0.25, 0.3) is 0 Å². The average molecular weight is 664 g/mol. The molecule has 3 aromatic rings. The second-order valence-electron chi connectivity index (χ2n) is 10.8. The van der Waals surface area contributed by atoms with Crippen molar-refractivity contribution in [2.24, 2.45) is 0 Å². The van der Waals surface area contributed by atoms with Crippen molar-refractivity contribution in [2.75, 3.05) is 37.6 Å². The summed E-state index contributed by atoms with van der Waals surface area (Å²) >= 11 is 16.9. The van der Waals surface area contributed by atoms with Crippen molar-refractivity contribution in [3.8, 4) is 0 Å². The number of non-ortho nitro benzene ring substituents is 1. The monoisotopic (exact) mass is 662 g/mol. The number of benzene rings is 3. The number of carbonyl (C=O) groups excluding carboxylic acids is 1. The van der Waals surface area contributed by atoms with E-state index in [1.807, 2.05) is 48.5 Å². The minimum Gasteiger partial charge on any atom is -0.392 e. The van der Waals surface area contributed by atoms with Gasteiger partial charge in [0.05, 0.1) is 23.7 Å². The van der Waals surface area contributed by atoms with Crippen LogP contribution in [-0.4, -0.2) is 63.5 Å². The summed E-state index contributed by atoms with van der Waals surface area (Å²) in [4.78, 5) is 27.1. The molecule has 3 atom stereocenters. The largest absolute Gasteiger partial charge is 0.392 e. The molecule has 2 aliphatic rings. The molecule has 0 bridgehead atoms. The molecule has 13 heteroatoms. The van der Waals surface area contributed by atoms with Crippen molar-refractivity contribution in [3.63, 3.8) is 0 Å². The zero-order valence-corrected chi connectivity index (χ0v) is 26.0. The molecule has 10 nitrogen and oxygen atoms in total. The van der Waals surface area contributed by atoms with Crippen LogP contribution in [0.4, 0.5) is 11.4 Å². The third kappa shape index (κ3) is 8.39.